The van der Waals surface area contributed by atoms with E-state index in [9.17, 15) is 4.79 Å². The fraction of sp³-hybridized carbons (Fsp3) is 0.200. The number of pyridine rings is 1. The molecule has 2 rings (SSSR count). The van der Waals surface area contributed by atoms with Crippen molar-refractivity contribution in [2.24, 2.45) is 0 Å². The number of hydrogen-bond acceptors (Lipinski definition) is 3. The third-order valence-corrected chi connectivity index (χ3v) is 3.02. The van der Waals surface area contributed by atoms with Crippen LogP contribution < -0.4 is 11.1 Å². The minimum Gasteiger partial charge on any atom is -0.397 e. The lowest BCUT2D eigenvalue weighted by atomic mass is 10.1. The van der Waals surface area contributed by atoms with Gasteiger partial charge in [-0.25, -0.2) is 4.98 Å². The van der Waals surface area contributed by atoms with Crippen LogP contribution in [0, 0.1) is 6.92 Å². The van der Waals surface area contributed by atoms with Crippen molar-refractivity contribution in [3.8, 4) is 0 Å². The molecular formula is C15H17N3O. The van der Waals surface area contributed by atoms with E-state index < -0.39 is 0 Å². The fourth-order valence-corrected chi connectivity index (χ4v) is 1.72. The Morgan fingerprint density at radius 3 is 2.58 bits per heavy atom. The van der Waals surface area contributed by atoms with Gasteiger partial charge in [-0.2, -0.15) is 0 Å². The highest BCUT2D eigenvalue weighted by Gasteiger charge is 2.07. The van der Waals surface area contributed by atoms with Gasteiger partial charge in [0, 0.05) is 5.56 Å². The van der Waals surface area contributed by atoms with Crippen molar-refractivity contribution in [2.75, 3.05) is 11.1 Å². The second-order valence-electron chi connectivity index (χ2n) is 4.43. The molecule has 3 N–H and O–H groups in total. The van der Waals surface area contributed by atoms with Gasteiger partial charge in [-0.3, -0.25) is 4.79 Å². The van der Waals surface area contributed by atoms with Crippen LogP contribution in [0.15, 0.2) is 36.5 Å². The van der Waals surface area contributed by atoms with Crippen LogP contribution in [0.3, 0.4) is 0 Å². The van der Waals surface area contributed by atoms with Crippen molar-refractivity contribution in [3.63, 3.8) is 0 Å². The van der Waals surface area contributed by atoms with E-state index >= 15 is 0 Å². The number of rotatable bonds is 3. The Morgan fingerprint density at radius 1 is 1.32 bits per heavy atom. The molecule has 0 aliphatic heterocycles. The van der Waals surface area contributed by atoms with E-state index in [2.05, 4.69) is 17.2 Å². The second-order valence-corrected chi connectivity index (χ2v) is 4.43. The lowest BCUT2D eigenvalue weighted by Crippen LogP contribution is -2.13. The van der Waals surface area contributed by atoms with Crippen LogP contribution >= 0.6 is 0 Å². The van der Waals surface area contributed by atoms with Crippen LogP contribution in [0.1, 0.15) is 28.4 Å². The Kier molecular flexibility index (Phi) is 3.80. The summed E-state index contributed by atoms with van der Waals surface area (Å²) in [5.74, 6) is 0.343. The number of carbonyl (C=O) groups is 1. The molecule has 0 saturated carbocycles. The van der Waals surface area contributed by atoms with Crippen LogP contribution in [0.25, 0.3) is 0 Å². The van der Waals surface area contributed by atoms with E-state index in [1.807, 2.05) is 31.2 Å². The van der Waals surface area contributed by atoms with Crippen LogP contribution in [0.4, 0.5) is 11.5 Å². The first-order chi connectivity index (χ1) is 9.10. The number of nitrogens with two attached hydrogens (primary N) is 1. The SMILES string of the molecule is CCc1ccc(C(=O)Nc2cc(C)c(N)cn2)cc1. The summed E-state index contributed by atoms with van der Waals surface area (Å²) in [5.41, 5.74) is 9.02. The van der Waals surface area contributed by atoms with Gasteiger partial charge in [0.05, 0.1) is 11.9 Å². The average Bonchev–Trinajstić information content (AvgIpc) is 2.43. The first kappa shape index (κ1) is 13.1. The van der Waals surface area contributed by atoms with Gasteiger partial charge in [-0.05, 0) is 42.7 Å². The van der Waals surface area contributed by atoms with E-state index in [4.69, 9.17) is 5.73 Å². The molecule has 98 valence electrons. The molecule has 1 aromatic carbocycles. The second kappa shape index (κ2) is 5.52. The first-order valence-corrected chi connectivity index (χ1v) is 6.22. The number of nitrogens with one attached hydrogen (secondary N) is 1. The summed E-state index contributed by atoms with van der Waals surface area (Å²) in [6.45, 7) is 3.96. The number of benzene rings is 1. The molecule has 0 atom stereocenters. The van der Waals surface area contributed by atoms with E-state index in [1.54, 1.807) is 12.3 Å². The summed E-state index contributed by atoms with van der Waals surface area (Å²) >= 11 is 0. The predicted molar refractivity (Wildman–Crippen MR) is 77.2 cm³/mol. The highest BCUT2D eigenvalue weighted by molar-refractivity contribution is 6.03. The highest BCUT2D eigenvalue weighted by atomic mass is 16.1. The van der Waals surface area contributed by atoms with Gasteiger partial charge in [0.2, 0.25) is 0 Å². The Hall–Kier alpha value is -2.36. The van der Waals surface area contributed by atoms with E-state index in [0.717, 1.165) is 12.0 Å². The van der Waals surface area contributed by atoms with E-state index in [0.29, 0.717) is 17.1 Å². The molecule has 0 radical (unpaired) electrons. The van der Waals surface area contributed by atoms with Crippen LogP contribution in [0.2, 0.25) is 0 Å². The van der Waals surface area contributed by atoms with Crippen molar-refractivity contribution >= 4 is 17.4 Å². The highest BCUT2D eigenvalue weighted by Crippen LogP contribution is 2.14. The molecular weight excluding hydrogens is 238 g/mol. The van der Waals surface area contributed by atoms with Gasteiger partial charge in [0.1, 0.15) is 5.82 Å². The number of carbonyl (C=O) groups excluding carboxylic acids is 1. The minimum absolute atomic E-state index is 0.167. The summed E-state index contributed by atoms with van der Waals surface area (Å²) in [5, 5.41) is 2.76. The molecule has 0 bridgehead atoms. The van der Waals surface area contributed by atoms with Crippen LogP contribution in [0.5, 0.6) is 0 Å². The van der Waals surface area contributed by atoms with Crippen LogP contribution in [-0.4, -0.2) is 10.9 Å². The standard InChI is InChI=1S/C15H17N3O/c1-3-11-4-6-12(7-5-11)15(19)18-14-8-10(2)13(16)9-17-14/h4-9H,3,16H2,1-2H3,(H,17,18,19). The molecule has 19 heavy (non-hydrogen) atoms. The van der Waals surface area contributed by atoms with Crippen LogP contribution in [-0.2, 0) is 6.42 Å². The number of nitrogens with zero attached hydrogens (tertiary/aromatic N) is 1. The molecule has 1 aromatic heterocycles. The maximum absolute atomic E-state index is 12.0. The topological polar surface area (TPSA) is 68.0 Å². The van der Waals surface area contributed by atoms with Gasteiger partial charge >= 0.3 is 0 Å². The van der Waals surface area contributed by atoms with Gasteiger partial charge in [0.25, 0.3) is 5.91 Å². The molecule has 0 fully saturated rings. The summed E-state index contributed by atoms with van der Waals surface area (Å²) in [4.78, 5) is 16.1. The van der Waals surface area contributed by atoms with Gasteiger partial charge in [-0.1, -0.05) is 19.1 Å². The van der Waals surface area contributed by atoms with Crippen molar-refractivity contribution in [1.82, 2.24) is 4.98 Å². The number of hydrogen-bond donors (Lipinski definition) is 2. The zero-order valence-corrected chi connectivity index (χ0v) is 11.1. The Morgan fingerprint density at radius 2 is 2.00 bits per heavy atom. The molecule has 0 spiro atoms. The summed E-state index contributed by atoms with van der Waals surface area (Å²) in [7, 11) is 0. The summed E-state index contributed by atoms with van der Waals surface area (Å²) in [6.07, 6.45) is 2.51. The van der Waals surface area contributed by atoms with Crippen molar-refractivity contribution < 1.29 is 4.79 Å². The minimum atomic E-state index is -0.167. The molecule has 4 nitrogen and oxygen atoms in total. The number of amides is 1. The third-order valence-electron chi connectivity index (χ3n) is 3.02. The van der Waals surface area contributed by atoms with E-state index in [-0.39, 0.29) is 5.91 Å². The largest absolute Gasteiger partial charge is 0.397 e. The lowest BCUT2D eigenvalue weighted by Gasteiger charge is -2.07. The van der Waals surface area contributed by atoms with E-state index in [1.165, 1.54) is 5.56 Å². The monoisotopic (exact) mass is 255 g/mol. The lowest BCUT2D eigenvalue weighted by molar-refractivity contribution is 0.102. The van der Waals surface area contributed by atoms with Crippen molar-refractivity contribution in [3.05, 3.63) is 53.2 Å². The maximum Gasteiger partial charge on any atom is 0.256 e. The molecule has 0 aliphatic rings. The summed E-state index contributed by atoms with van der Waals surface area (Å²) in [6, 6.07) is 9.30. The molecule has 1 amide bonds. The average molecular weight is 255 g/mol. The normalized spacial score (nSPS) is 10.2. The first-order valence-electron chi connectivity index (χ1n) is 6.22. The zero-order chi connectivity index (χ0) is 13.8. The van der Waals surface area contributed by atoms with Gasteiger partial charge in [0.15, 0.2) is 0 Å². The quantitative estimate of drug-likeness (QED) is 0.886. The Balaban J connectivity index is 2.13. The molecule has 4 heteroatoms. The zero-order valence-electron chi connectivity index (χ0n) is 11.1. The predicted octanol–water partition coefficient (Wildman–Crippen LogP) is 2.79. The number of aromatic nitrogens is 1. The number of nitrogen functional groups attached to an aromatic ring is 1. The third kappa shape index (κ3) is 3.10. The number of aryl methyl sites for hydroxylation is 2. The Labute approximate surface area is 112 Å². The smallest absolute Gasteiger partial charge is 0.256 e. The molecule has 0 aliphatic carbocycles. The molecule has 0 unspecified atom stereocenters. The van der Waals surface area contributed by atoms with Gasteiger partial charge < -0.3 is 11.1 Å². The van der Waals surface area contributed by atoms with Gasteiger partial charge in [-0.15, -0.1) is 0 Å². The molecule has 1 heterocycles. The molecule has 2 aromatic rings. The fourth-order valence-electron chi connectivity index (χ4n) is 1.72. The molecule has 0 saturated heterocycles. The van der Waals surface area contributed by atoms with Crippen molar-refractivity contribution in [2.45, 2.75) is 20.3 Å². The summed E-state index contributed by atoms with van der Waals surface area (Å²) < 4.78 is 0. The van der Waals surface area contributed by atoms with Crippen molar-refractivity contribution in [1.29, 1.82) is 0 Å². The number of anilines is 2. The Bertz CT molecular complexity index is 591. The maximum atomic E-state index is 12.0.